The minimum absolute atomic E-state index is 0.219. The van der Waals surface area contributed by atoms with Gasteiger partial charge >= 0.3 is 6.09 Å². The van der Waals surface area contributed by atoms with Gasteiger partial charge in [0.1, 0.15) is 5.60 Å². The van der Waals surface area contributed by atoms with Crippen LogP contribution in [0, 0.1) is 0 Å². The topological polar surface area (TPSA) is 50.8 Å². The highest BCUT2D eigenvalue weighted by atomic mass is 16.6. The average molecular weight is 334 g/mol. The van der Waals surface area contributed by atoms with Crippen LogP contribution >= 0.6 is 0 Å². The van der Waals surface area contributed by atoms with Crippen LogP contribution in [0.2, 0.25) is 0 Å². The second-order valence-electron chi connectivity index (χ2n) is 7.20. The summed E-state index contributed by atoms with van der Waals surface area (Å²) >= 11 is 0. The normalized spacial score (nSPS) is 18.0. The van der Waals surface area contributed by atoms with E-state index in [1.165, 1.54) is 11.1 Å². The number of likely N-dealkylation sites (tertiary alicyclic amines) is 1. The lowest BCUT2D eigenvalue weighted by Gasteiger charge is -2.24. The number of hydrogen-bond donors (Lipinski definition) is 1. The maximum atomic E-state index is 12.1. The summed E-state index contributed by atoms with van der Waals surface area (Å²) in [5.41, 5.74) is 2.02. The van der Waals surface area contributed by atoms with E-state index in [-0.39, 0.29) is 6.09 Å². The van der Waals surface area contributed by atoms with Gasteiger partial charge in [0.15, 0.2) is 0 Å². The Balaban J connectivity index is 1.83. The monoisotopic (exact) mass is 334 g/mol. The Morgan fingerprint density at radius 1 is 1.29 bits per heavy atom. The van der Waals surface area contributed by atoms with Gasteiger partial charge in [-0.05, 0) is 45.2 Å². The molecule has 0 radical (unpaired) electrons. The number of rotatable bonds is 6. The van der Waals surface area contributed by atoms with Crippen LogP contribution < -0.4 is 5.32 Å². The fourth-order valence-electron chi connectivity index (χ4n) is 2.76. The summed E-state index contributed by atoms with van der Waals surface area (Å²) in [5.74, 6) is 0. The van der Waals surface area contributed by atoms with E-state index in [1.807, 2.05) is 39.8 Å². The van der Waals surface area contributed by atoms with Crippen molar-refractivity contribution >= 4 is 6.09 Å². The number of carbonyl (C=O) groups is 1. The number of nitrogens with zero attached hydrogens (tertiary/aromatic N) is 1. The molecule has 1 atom stereocenters. The molecule has 1 N–H and O–H groups in total. The Morgan fingerprint density at radius 3 is 2.67 bits per heavy atom. The van der Waals surface area contributed by atoms with Crippen LogP contribution in [0.25, 0.3) is 0 Å². The van der Waals surface area contributed by atoms with Gasteiger partial charge < -0.3 is 19.7 Å². The van der Waals surface area contributed by atoms with Crippen molar-refractivity contribution in [3.8, 4) is 0 Å². The molecule has 1 saturated heterocycles. The molecule has 24 heavy (non-hydrogen) atoms. The molecule has 0 saturated carbocycles. The van der Waals surface area contributed by atoms with E-state index in [0.29, 0.717) is 19.2 Å². The summed E-state index contributed by atoms with van der Waals surface area (Å²) in [6.45, 7) is 11.3. The summed E-state index contributed by atoms with van der Waals surface area (Å²) in [7, 11) is 0. The number of hydrogen-bond acceptors (Lipinski definition) is 4. The second-order valence-corrected chi connectivity index (χ2v) is 7.20. The maximum Gasteiger partial charge on any atom is 0.410 e. The Hall–Kier alpha value is -1.59. The molecule has 1 aromatic rings. The molecular weight excluding hydrogens is 304 g/mol. The molecular formula is C19H30N2O3. The fraction of sp³-hybridized carbons (Fsp3) is 0.632. The molecule has 1 unspecified atom stereocenters. The third-order valence-electron chi connectivity index (χ3n) is 4.00. The highest BCUT2D eigenvalue weighted by Gasteiger charge is 2.29. The highest BCUT2D eigenvalue weighted by Crippen LogP contribution is 2.16. The smallest absolute Gasteiger partial charge is 0.410 e. The van der Waals surface area contributed by atoms with Crippen LogP contribution in [0.1, 0.15) is 45.2 Å². The van der Waals surface area contributed by atoms with Crippen molar-refractivity contribution in [2.45, 2.75) is 58.9 Å². The largest absolute Gasteiger partial charge is 0.444 e. The average Bonchev–Trinajstić information content (AvgIpc) is 2.99. The molecule has 2 rings (SSSR count). The van der Waals surface area contributed by atoms with Crippen molar-refractivity contribution in [3.05, 3.63) is 35.4 Å². The van der Waals surface area contributed by atoms with Gasteiger partial charge in [-0.3, -0.25) is 0 Å². The first-order valence-electron chi connectivity index (χ1n) is 8.75. The van der Waals surface area contributed by atoms with E-state index < -0.39 is 5.60 Å². The van der Waals surface area contributed by atoms with Gasteiger partial charge in [0.2, 0.25) is 0 Å². The van der Waals surface area contributed by atoms with Gasteiger partial charge in [-0.15, -0.1) is 0 Å². The highest BCUT2D eigenvalue weighted by molar-refractivity contribution is 5.68. The summed E-state index contributed by atoms with van der Waals surface area (Å²) in [6.07, 6.45) is 0.732. The van der Waals surface area contributed by atoms with Gasteiger partial charge in [-0.25, -0.2) is 4.79 Å². The lowest BCUT2D eigenvalue weighted by molar-refractivity contribution is 0.0291. The molecule has 5 heteroatoms. The van der Waals surface area contributed by atoms with Gasteiger partial charge in [-0.1, -0.05) is 24.3 Å². The van der Waals surface area contributed by atoms with Gasteiger partial charge in [-0.2, -0.15) is 0 Å². The number of benzene rings is 1. The first-order valence-corrected chi connectivity index (χ1v) is 8.75. The molecule has 1 aliphatic rings. The molecule has 1 fully saturated rings. The van der Waals surface area contributed by atoms with Crippen molar-refractivity contribution in [3.63, 3.8) is 0 Å². The van der Waals surface area contributed by atoms with Gasteiger partial charge in [0.05, 0.1) is 6.61 Å². The summed E-state index contributed by atoms with van der Waals surface area (Å²) in [4.78, 5) is 13.9. The lowest BCUT2D eigenvalue weighted by atomic mass is 10.1. The summed E-state index contributed by atoms with van der Waals surface area (Å²) < 4.78 is 11.0. The van der Waals surface area contributed by atoms with Crippen molar-refractivity contribution in [2.24, 2.45) is 0 Å². The Morgan fingerprint density at radius 2 is 2.00 bits per heavy atom. The van der Waals surface area contributed by atoms with Crippen LogP contribution in [-0.4, -0.2) is 42.3 Å². The summed E-state index contributed by atoms with van der Waals surface area (Å²) in [6, 6.07) is 8.62. The minimum atomic E-state index is -0.444. The molecule has 1 amide bonds. The van der Waals surface area contributed by atoms with Crippen LogP contribution in [-0.2, 0) is 22.6 Å². The zero-order valence-corrected chi connectivity index (χ0v) is 15.3. The molecule has 0 spiro atoms. The second kappa shape index (κ2) is 8.49. The molecule has 0 bridgehead atoms. The molecule has 0 aromatic heterocycles. The molecule has 1 heterocycles. The van der Waals surface area contributed by atoms with Crippen molar-refractivity contribution < 1.29 is 14.3 Å². The zero-order valence-electron chi connectivity index (χ0n) is 15.3. The molecule has 1 aromatic carbocycles. The Labute approximate surface area is 145 Å². The number of amides is 1. The van der Waals surface area contributed by atoms with E-state index >= 15 is 0 Å². The van der Waals surface area contributed by atoms with Gasteiger partial charge in [0.25, 0.3) is 0 Å². The predicted molar refractivity (Wildman–Crippen MR) is 94.8 cm³/mol. The predicted octanol–water partition coefficient (Wildman–Crippen LogP) is 3.32. The van der Waals surface area contributed by atoms with E-state index in [0.717, 1.165) is 26.1 Å². The van der Waals surface area contributed by atoms with Crippen molar-refractivity contribution in [1.29, 1.82) is 0 Å². The van der Waals surface area contributed by atoms with Crippen molar-refractivity contribution in [2.75, 3.05) is 19.7 Å². The quantitative estimate of drug-likeness (QED) is 0.867. The number of nitrogens with one attached hydrogen (secondary N) is 1. The van der Waals surface area contributed by atoms with Crippen LogP contribution in [0.3, 0.4) is 0 Å². The molecule has 1 aliphatic heterocycles. The Kier molecular flexibility index (Phi) is 6.63. The summed E-state index contributed by atoms with van der Waals surface area (Å²) in [5, 5.41) is 3.56. The zero-order chi connectivity index (χ0) is 17.6. The fourth-order valence-corrected chi connectivity index (χ4v) is 2.76. The Bertz CT molecular complexity index is 540. The first-order chi connectivity index (χ1) is 11.4. The lowest BCUT2D eigenvalue weighted by Crippen LogP contribution is -2.38. The number of ether oxygens (including phenoxy) is 2. The van der Waals surface area contributed by atoms with Crippen LogP contribution in [0.4, 0.5) is 4.79 Å². The third kappa shape index (κ3) is 5.80. The van der Waals surface area contributed by atoms with Crippen LogP contribution in [0.5, 0.6) is 0 Å². The van der Waals surface area contributed by atoms with Crippen LogP contribution in [0.15, 0.2) is 24.3 Å². The van der Waals surface area contributed by atoms with E-state index in [2.05, 4.69) is 17.4 Å². The molecule has 134 valence electrons. The molecule has 0 aliphatic carbocycles. The standard InChI is InChI=1S/C19H30N2O3/c1-5-23-14-16-9-7-6-8-15(16)12-20-17-10-11-21(13-17)18(22)24-19(2,3)4/h6-9,17,20H,5,10-14H2,1-4H3. The third-order valence-corrected chi connectivity index (χ3v) is 4.00. The van der Waals surface area contributed by atoms with E-state index in [1.54, 1.807) is 4.90 Å². The minimum Gasteiger partial charge on any atom is -0.444 e. The SMILES string of the molecule is CCOCc1ccccc1CNC1CCN(C(=O)OC(C)(C)C)C1. The molecule has 5 nitrogen and oxygen atoms in total. The van der Waals surface area contributed by atoms with Gasteiger partial charge in [0, 0.05) is 32.3 Å². The number of carbonyl (C=O) groups excluding carboxylic acids is 1. The van der Waals surface area contributed by atoms with Crippen molar-refractivity contribution in [1.82, 2.24) is 10.2 Å². The maximum absolute atomic E-state index is 12.1. The first kappa shape index (κ1) is 18.7. The van der Waals surface area contributed by atoms with E-state index in [4.69, 9.17) is 9.47 Å². The van der Waals surface area contributed by atoms with E-state index in [9.17, 15) is 4.79 Å².